The van der Waals surface area contributed by atoms with Crippen LogP contribution in [0.4, 0.5) is 5.69 Å². The van der Waals surface area contributed by atoms with Crippen molar-refractivity contribution < 1.29 is 9.90 Å². The molecule has 6 nitrogen and oxygen atoms in total. The Labute approximate surface area is 99.8 Å². The van der Waals surface area contributed by atoms with Crippen LogP contribution in [0.1, 0.15) is 36.7 Å². The van der Waals surface area contributed by atoms with Crippen molar-refractivity contribution in [3.63, 3.8) is 0 Å². The van der Waals surface area contributed by atoms with Crippen molar-refractivity contribution in [3.05, 3.63) is 11.9 Å². The highest BCUT2D eigenvalue weighted by atomic mass is 16.3. The summed E-state index contributed by atoms with van der Waals surface area (Å²) in [7, 11) is 0. The fraction of sp³-hybridized carbons (Fsp3) is 0.636. The number of carbonyl (C=O) groups is 1. The molecule has 1 aromatic heterocycles. The molecule has 6 heteroatoms. The second kappa shape index (κ2) is 4.37. The third-order valence-corrected chi connectivity index (χ3v) is 3.24. The lowest BCUT2D eigenvalue weighted by Gasteiger charge is -2.36. The molecule has 0 unspecified atom stereocenters. The van der Waals surface area contributed by atoms with Gasteiger partial charge in [0.1, 0.15) is 5.69 Å². The monoisotopic (exact) mass is 238 g/mol. The van der Waals surface area contributed by atoms with Crippen LogP contribution < -0.4 is 11.1 Å². The van der Waals surface area contributed by atoms with Crippen LogP contribution in [-0.2, 0) is 6.54 Å². The van der Waals surface area contributed by atoms with Gasteiger partial charge in [-0.25, -0.2) is 0 Å². The van der Waals surface area contributed by atoms with Crippen molar-refractivity contribution in [2.75, 3.05) is 12.3 Å². The van der Waals surface area contributed by atoms with Gasteiger partial charge in [-0.1, -0.05) is 0 Å². The summed E-state index contributed by atoms with van der Waals surface area (Å²) in [6, 6.07) is 0. The lowest BCUT2D eigenvalue weighted by molar-refractivity contribution is -0.0301. The maximum Gasteiger partial charge on any atom is 0.271 e. The Morgan fingerprint density at radius 2 is 2.41 bits per heavy atom. The standard InChI is InChI=1S/C11H18N4O2/c1-2-15-9(8(12)6-14-15)10(16)13-7-11(17)4-3-5-11/h6,17H,2-5,7,12H2,1H3,(H,13,16). The molecule has 0 bridgehead atoms. The predicted molar refractivity (Wildman–Crippen MR) is 63.4 cm³/mol. The largest absolute Gasteiger partial charge is 0.396 e. The second-order valence-electron chi connectivity index (χ2n) is 4.52. The van der Waals surface area contributed by atoms with Crippen LogP contribution in [0.15, 0.2) is 6.20 Å². The van der Waals surface area contributed by atoms with Gasteiger partial charge < -0.3 is 16.2 Å². The van der Waals surface area contributed by atoms with E-state index in [1.807, 2.05) is 6.92 Å². The molecule has 0 saturated heterocycles. The molecule has 17 heavy (non-hydrogen) atoms. The minimum absolute atomic E-state index is 0.276. The molecule has 1 aliphatic carbocycles. The predicted octanol–water partition coefficient (Wildman–Crippen LogP) is 0.130. The number of rotatable bonds is 4. The van der Waals surface area contributed by atoms with E-state index in [-0.39, 0.29) is 12.5 Å². The molecule has 0 aromatic carbocycles. The molecule has 0 atom stereocenters. The molecular formula is C11H18N4O2. The Hall–Kier alpha value is -1.56. The van der Waals surface area contributed by atoms with Crippen molar-refractivity contribution in [3.8, 4) is 0 Å². The summed E-state index contributed by atoms with van der Waals surface area (Å²) in [5, 5.41) is 16.6. The first-order valence-electron chi connectivity index (χ1n) is 5.87. The molecular weight excluding hydrogens is 220 g/mol. The van der Waals surface area contributed by atoms with Crippen LogP contribution in [0.2, 0.25) is 0 Å². The average molecular weight is 238 g/mol. The van der Waals surface area contributed by atoms with E-state index in [0.717, 1.165) is 19.3 Å². The quantitative estimate of drug-likeness (QED) is 0.695. The van der Waals surface area contributed by atoms with Gasteiger partial charge >= 0.3 is 0 Å². The molecule has 1 aliphatic rings. The van der Waals surface area contributed by atoms with Gasteiger partial charge in [0.05, 0.1) is 17.5 Å². The van der Waals surface area contributed by atoms with Crippen LogP contribution >= 0.6 is 0 Å². The summed E-state index contributed by atoms with van der Waals surface area (Å²) < 4.78 is 1.55. The number of nitrogen functional groups attached to an aromatic ring is 1. The maximum atomic E-state index is 11.9. The number of anilines is 1. The number of nitrogens with zero attached hydrogens (tertiary/aromatic N) is 2. The molecule has 1 heterocycles. The zero-order valence-electron chi connectivity index (χ0n) is 9.94. The first kappa shape index (κ1) is 11.9. The van der Waals surface area contributed by atoms with E-state index in [1.165, 1.54) is 6.20 Å². The van der Waals surface area contributed by atoms with Gasteiger partial charge in [-0.2, -0.15) is 5.10 Å². The summed E-state index contributed by atoms with van der Waals surface area (Å²) in [5.41, 5.74) is 5.71. The van der Waals surface area contributed by atoms with E-state index in [4.69, 9.17) is 5.73 Å². The van der Waals surface area contributed by atoms with Crippen molar-refractivity contribution >= 4 is 11.6 Å². The minimum Gasteiger partial charge on any atom is -0.396 e. The van der Waals surface area contributed by atoms with Crippen LogP contribution in [0.5, 0.6) is 0 Å². The minimum atomic E-state index is -0.721. The molecule has 0 radical (unpaired) electrons. The van der Waals surface area contributed by atoms with Crippen LogP contribution in [0.3, 0.4) is 0 Å². The van der Waals surface area contributed by atoms with Crippen molar-refractivity contribution in [2.45, 2.75) is 38.3 Å². The van der Waals surface area contributed by atoms with Gasteiger partial charge in [-0.15, -0.1) is 0 Å². The average Bonchev–Trinajstić information content (AvgIpc) is 2.64. The molecule has 1 saturated carbocycles. The van der Waals surface area contributed by atoms with E-state index in [2.05, 4.69) is 10.4 Å². The molecule has 0 aliphatic heterocycles. The lowest BCUT2D eigenvalue weighted by atomic mass is 9.80. The van der Waals surface area contributed by atoms with Gasteiger partial charge in [0.2, 0.25) is 0 Å². The molecule has 0 spiro atoms. The van der Waals surface area contributed by atoms with E-state index in [9.17, 15) is 9.90 Å². The highest BCUT2D eigenvalue weighted by molar-refractivity contribution is 5.97. The summed E-state index contributed by atoms with van der Waals surface area (Å²) in [5.74, 6) is -0.276. The van der Waals surface area contributed by atoms with Crippen molar-refractivity contribution in [2.24, 2.45) is 0 Å². The third kappa shape index (κ3) is 2.26. The van der Waals surface area contributed by atoms with Crippen molar-refractivity contribution in [1.82, 2.24) is 15.1 Å². The molecule has 94 valence electrons. The fourth-order valence-corrected chi connectivity index (χ4v) is 1.98. The number of hydrogen-bond donors (Lipinski definition) is 3. The number of carbonyl (C=O) groups excluding carboxylic acids is 1. The fourth-order valence-electron chi connectivity index (χ4n) is 1.98. The van der Waals surface area contributed by atoms with Crippen LogP contribution in [0, 0.1) is 0 Å². The summed E-state index contributed by atoms with van der Waals surface area (Å²) in [6.07, 6.45) is 3.98. The van der Waals surface area contributed by atoms with E-state index in [1.54, 1.807) is 4.68 Å². The van der Waals surface area contributed by atoms with Gasteiger partial charge in [-0.05, 0) is 26.2 Å². The Morgan fingerprint density at radius 1 is 1.71 bits per heavy atom. The highest BCUT2D eigenvalue weighted by Crippen LogP contribution is 2.30. The number of aromatic nitrogens is 2. The SMILES string of the molecule is CCn1ncc(N)c1C(=O)NCC1(O)CCC1. The number of aryl methyl sites for hydroxylation is 1. The second-order valence-corrected chi connectivity index (χ2v) is 4.52. The van der Waals surface area contributed by atoms with Gasteiger partial charge in [-0.3, -0.25) is 9.48 Å². The summed E-state index contributed by atoms with van der Waals surface area (Å²) in [6.45, 7) is 2.76. The normalized spacial score (nSPS) is 17.5. The number of nitrogens with one attached hydrogen (secondary N) is 1. The first-order valence-corrected chi connectivity index (χ1v) is 5.87. The topological polar surface area (TPSA) is 93.2 Å². The number of hydrogen-bond acceptors (Lipinski definition) is 4. The Morgan fingerprint density at radius 3 is 2.94 bits per heavy atom. The maximum absolute atomic E-state index is 11.9. The van der Waals surface area contributed by atoms with Gasteiger partial charge in [0, 0.05) is 13.1 Å². The van der Waals surface area contributed by atoms with E-state index >= 15 is 0 Å². The number of nitrogens with two attached hydrogens (primary N) is 1. The molecule has 1 amide bonds. The van der Waals surface area contributed by atoms with E-state index < -0.39 is 5.60 Å². The summed E-state index contributed by atoms with van der Waals surface area (Å²) >= 11 is 0. The first-order chi connectivity index (χ1) is 8.06. The zero-order valence-corrected chi connectivity index (χ0v) is 9.94. The third-order valence-electron chi connectivity index (χ3n) is 3.24. The molecule has 4 N–H and O–H groups in total. The molecule has 1 aromatic rings. The number of aliphatic hydroxyl groups is 1. The van der Waals surface area contributed by atoms with Crippen molar-refractivity contribution in [1.29, 1.82) is 0 Å². The lowest BCUT2D eigenvalue weighted by Crippen LogP contribution is -2.48. The van der Waals surface area contributed by atoms with E-state index in [0.29, 0.717) is 17.9 Å². The van der Waals surface area contributed by atoms with Crippen LogP contribution in [0.25, 0.3) is 0 Å². The molecule has 1 fully saturated rings. The van der Waals surface area contributed by atoms with Gasteiger partial charge in [0.25, 0.3) is 5.91 Å². The Bertz CT molecular complexity index is 423. The smallest absolute Gasteiger partial charge is 0.271 e. The van der Waals surface area contributed by atoms with Gasteiger partial charge in [0.15, 0.2) is 0 Å². The zero-order chi connectivity index (χ0) is 12.5. The Balaban J connectivity index is 2.01. The number of amides is 1. The summed E-state index contributed by atoms with van der Waals surface area (Å²) in [4.78, 5) is 11.9. The highest BCUT2D eigenvalue weighted by Gasteiger charge is 2.34. The van der Waals surface area contributed by atoms with Crippen LogP contribution in [-0.4, -0.2) is 32.9 Å². The molecule has 2 rings (SSSR count). The Kier molecular flexibility index (Phi) is 3.06.